The van der Waals surface area contributed by atoms with Crippen molar-refractivity contribution in [3.8, 4) is 0 Å². The highest BCUT2D eigenvalue weighted by atomic mass is 16.5. The Bertz CT molecular complexity index is 843. The molecule has 2 aromatic carbocycles. The number of rotatable bonds is 3. The van der Waals surface area contributed by atoms with Crippen LogP contribution in [0.3, 0.4) is 0 Å². The molecule has 0 saturated heterocycles. The van der Waals surface area contributed by atoms with Gasteiger partial charge in [0.15, 0.2) is 0 Å². The number of hydrogen-bond donors (Lipinski definition) is 0. The monoisotopic (exact) mass is 279 g/mol. The number of carbonyl (C=O) groups excluding carboxylic acids is 1. The van der Waals surface area contributed by atoms with Gasteiger partial charge in [-0.05, 0) is 43.0 Å². The number of fused-ring (bicyclic) bond motifs is 3. The Balaban J connectivity index is 1.99. The molecule has 4 rings (SSSR count). The average molecular weight is 279 g/mol. The summed E-state index contributed by atoms with van der Waals surface area (Å²) >= 11 is 0. The summed E-state index contributed by atoms with van der Waals surface area (Å²) in [6.45, 7) is 1.07. The third-order valence-corrected chi connectivity index (χ3v) is 4.33. The van der Waals surface area contributed by atoms with Crippen LogP contribution in [-0.2, 0) is 11.3 Å². The van der Waals surface area contributed by atoms with Crippen molar-refractivity contribution in [2.75, 3.05) is 7.11 Å². The number of carbonyl (C=O) groups is 1. The number of nitrogens with zero attached hydrogens (tertiary/aromatic N) is 1. The van der Waals surface area contributed by atoms with Crippen molar-refractivity contribution in [3.63, 3.8) is 0 Å². The molecule has 0 radical (unpaired) electrons. The number of hydrogen-bond acceptors (Lipinski definition) is 2. The number of esters is 1. The molecule has 1 fully saturated rings. The largest absolute Gasteiger partial charge is 0.465 e. The quantitative estimate of drug-likeness (QED) is 0.679. The molecule has 0 amide bonds. The average Bonchev–Trinajstić information content (AvgIpc) is 3.30. The molecule has 1 aromatic heterocycles. The van der Waals surface area contributed by atoms with E-state index in [-0.39, 0.29) is 5.97 Å². The van der Waals surface area contributed by atoms with Gasteiger partial charge in [-0.1, -0.05) is 18.2 Å². The molecule has 0 spiro atoms. The molecule has 3 aromatic rings. The smallest absolute Gasteiger partial charge is 0.337 e. The van der Waals surface area contributed by atoms with E-state index in [4.69, 9.17) is 4.74 Å². The molecular formula is C18H17NO2. The lowest BCUT2D eigenvalue weighted by molar-refractivity contribution is 0.0601. The summed E-state index contributed by atoms with van der Waals surface area (Å²) in [4.78, 5) is 11.8. The van der Waals surface area contributed by atoms with Crippen molar-refractivity contribution < 1.29 is 9.53 Å². The minimum absolute atomic E-state index is 0.282. The van der Waals surface area contributed by atoms with Gasteiger partial charge in [0.25, 0.3) is 0 Å². The summed E-state index contributed by atoms with van der Waals surface area (Å²) < 4.78 is 7.23. The maximum Gasteiger partial charge on any atom is 0.337 e. The first kappa shape index (κ1) is 12.5. The maximum absolute atomic E-state index is 11.8. The van der Waals surface area contributed by atoms with Gasteiger partial charge < -0.3 is 9.30 Å². The summed E-state index contributed by atoms with van der Waals surface area (Å²) in [5.74, 6) is 0.528. The summed E-state index contributed by atoms with van der Waals surface area (Å²) in [5, 5.41) is 2.34. The summed E-state index contributed by atoms with van der Waals surface area (Å²) in [5.41, 5.74) is 3.07. The number of aromatic nitrogens is 1. The van der Waals surface area contributed by atoms with Gasteiger partial charge in [-0.2, -0.15) is 0 Å². The highest BCUT2D eigenvalue weighted by Crippen LogP contribution is 2.36. The van der Waals surface area contributed by atoms with Crippen LogP contribution in [0.1, 0.15) is 23.2 Å². The molecule has 0 aliphatic heterocycles. The van der Waals surface area contributed by atoms with Crippen LogP contribution in [0.15, 0.2) is 42.5 Å². The van der Waals surface area contributed by atoms with Gasteiger partial charge in [-0.25, -0.2) is 4.79 Å². The van der Waals surface area contributed by atoms with Gasteiger partial charge in [-0.15, -0.1) is 0 Å². The molecule has 1 heterocycles. The van der Waals surface area contributed by atoms with Crippen LogP contribution in [0.4, 0.5) is 0 Å². The van der Waals surface area contributed by atoms with E-state index in [1.165, 1.54) is 36.4 Å². The molecule has 0 N–H and O–H groups in total. The molecule has 1 aliphatic rings. The normalized spacial score (nSPS) is 14.7. The zero-order valence-electron chi connectivity index (χ0n) is 12.0. The van der Waals surface area contributed by atoms with Crippen molar-refractivity contribution in [1.29, 1.82) is 0 Å². The second-order valence-corrected chi connectivity index (χ2v) is 5.79. The predicted molar refractivity (Wildman–Crippen MR) is 83.5 cm³/mol. The Morgan fingerprint density at radius 1 is 1.14 bits per heavy atom. The van der Waals surface area contributed by atoms with Crippen molar-refractivity contribution in [1.82, 2.24) is 4.57 Å². The van der Waals surface area contributed by atoms with Gasteiger partial charge >= 0.3 is 5.97 Å². The first-order valence-electron chi connectivity index (χ1n) is 7.37. The Morgan fingerprint density at radius 2 is 1.90 bits per heavy atom. The molecule has 3 nitrogen and oxygen atoms in total. The zero-order chi connectivity index (χ0) is 14.4. The van der Waals surface area contributed by atoms with Gasteiger partial charge in [0.05, 0.1) is 12.7 Å². The molecule has 106 valence electrons. The third kappa shape index (κ3) is 2.00. The molecule has 21 heavy (non-hydrogen) atoms. The highest BCUT2D eigenvalue weighted by molar-refractivity contribution is 6.10. The standard InChI is InChI=1S/C18H17NO2/c1-21-18(20)13-8-9-17-15(10-13)14-4-2-3-5-16(14)19(17)11-12-6-7-12/h2-5,8-10,12H,6-7,11H2,1H3. The number of ether oxygens (including phenoxy) is 1. The summed E-state index contributed by atoms with van der Waals surface area (Å²) in [7, 11) is 1.42. The molecule has 1 saturated carbocycles. The molecule has 1 aliphatic carbocycles. The van der Waals surface area contributed by atoms with Crippen LogP contribution in [0.25, 0.3) is 21.8 Å². The molecule has 0 unspecified atom stereocenters. The van der Waals surface area contributed by atoms with Crippen LogP contribution in [0.5, 0.6) is 0 Å². The van der Waals surface area contributed by atoms with E-state index in [1.807, 2.05) is 24.3 Å². The topological polar surface area (TPSA) is 31.2 Å². The van der Waals surface area contributed by atoms with E-state index in [9.17, 15) is 4.79 Å². The van der Waals surface area contributed by atoms with E-state index in [2.05, 4.69) is 22.8 Å². The van der Waals surface area contributed by atoms with Crippen LogP contribution >= 0.6 is 0 Å². The van der Waals surface area contributed by atoms with Crippen molar-refractivity contribution in [3.05, 3.63) is 48.0 Å². The van der Waals surface area contributed by atoms with Crippen molar-refractivity contribution in [2.45, 2.75) is 19.4 Å². The summed E-state index contributed by atoms with van der Waals surface area (Å²) in [6.07, 6.45) is 2.66. The van der Waals surface area contributed by atoms with Crippen LogP contribution in [-0.4, -0.2) is 17.6 Å². The minimum atomic E-state index is -0.282. The lowest BCUT2D eigenvalue weighted by Crippen LogP contribution is -2.01. The first-order chi connectivity index (χ1) is 10.3. The lowest BCUT2D eigenvalue weighted by Gasteiger charge is -2.06. The third-order valence-electron chi connectivity index (χ3n) is 4.33. The fraction of sp³-hybridized carbons (Fsp3) is 0.278. The van der Waals surface area contributed by atoms with E-state index in [0.717, 1.165) is 17.8 Å². The van der Waals surface area contributed by atoms with Gasteiger partial charge in [0, 0.05) is 28.4 Å². The fourth-order valence-electron chi connectivity index (χ4n) is 3.05. The Morgan fingerprint density at radius 3 is 2.67 bits per heavy atom. The van der Waals surface area contributed by atoms with Gasteiger partial charge in [0.2, 0.25) is 0 Å². The number of benzene rings is 2. The first-order valence-corrected chi connectivity index (χ1v) is 7.37. The Hall–Kier alpha value is -2.29. The van der Waals surface area contributed by atoms with E-state index >= 15 is 0 Å². The SMILES string of the molecule is COC(=O)c1ccc2c(c1)c1ccccc1n2CC1CC1. The fourth-order valence-corrected chi connectivity index (χ4v) is 3.05. The van der Waals surface area contributed by atoms with E-state index in [1.54, 1.807) is 0 Å². The zero-order valence-corrected chi connectivity index (χ0v) is 12.0. The molecule has 0 atom stereocenters. The van der Waals surface area contributed by atoms with Crippen molar-refractivity contribution in [2.24, 2.45) is 5.92 Å². The molecular weight excluding hydrogens is 262 g/mol. The molecule has 3 heteroatoms. The predicted octanol–water partition coefficient (Wildman–Crippen LogP) is 3.99. The highest BCUT2D eigenvalue weighted by Gasteiger charge is 2.24. The second-order valence-electron chi connectivity index (χ2n) is 5.79. The second kappa shape index (κ2) is 4.62. The number of para-hydroxylation sites is 1. The van der Waals surface area contributed by atoms with E-state index in [0.29, 0.717) is 5.56 Å². The van der Waals surface area contributed by atoms with Crippen LogP contribution in [0.2, 0.25) is 0 Å². The van der Waals surface area contributed by atoms with Crippen LogP contribution in [0, 0.1) is 5.92 Å². The van der Waals surface area contributed by atoms with Crippen molar-refractivity contribution >= 4 is 27.8 Å². The number of methoxy groups -OCH3 is 1. The Labute approximate surface area is 123 Å². The van der Waals surface area contributed by atoms with Gasteiger partial charge in [-0.3, -0.25) is 0 Å². The van der Waals surface area contributed by atoms with Gasteiger partial charge in [0.1, 0.15) is 0 Å². The lowest BCUT2D eigenvalue weighted by atomic mass is 10.1. The Kier molecular flexibility index (Phi) is 2.74. The minimum Gasteiger partial charge on any atom is -0.465 e. The maximum atomic E-state index is 11.8. The van der Waals surface area contributed by atoms with Crippen LogP contribution < -0.4 is 0 Å². The van der Waals surface area contributed by atoms with E-state index < -0.39 is 0 Å². The molecule has 0 bridgehead atoms. The summed E-state index contributed by atoms with van der Waals surface area (Å²) in [6, 6.07) is 14.3.